The van der Waals surface area contributed by atoms with Crippen molar-refractivity contribution in [3.05, 3.63) is 134 Å². The van der Waals surface area contributed by atoms with Crippen LogP contribution in [0.15, 0.2) is 102 Å². The van der Waals surface area contributed by atoms with Crippen LogP contribution in [0.4, 0.5) is 0 Å². The number of fused-ring (bicyclic) bond motifs is 2. The fourth-order valence-electron chi connectivity index (χ4n) is 10.5. The Bertz CT molecular complexity index is 3310. The molecule has 8 rings (SSSR count). The molecule has 0 unspecified atom stereocenters. The molecule has 5 aromatic heterocycles. The standard InChI is InChI=1S/C67H71N3O4S4/c1-5-9-13-18-26-45-34-53(36-51(42-68)66(71)72)75-64(45)59-40-47(28-20-15-11-7-3)62(77-59)49-30-32-57-55(38-49)61(44-24-22-17-23-25-44)56-39-50(31-33-58(56)70-57)63-48(29-21-16-12-8-4)41-60(78-63)65-46(27-19-14-10-6-2)35-54(76-65)37-52(43-69)67(73)74/h17,22-25,30-41H,5-16,18-21,26-29H2,1-4H3,(H,71,72)(H,73,74)/b51-36+,52-37+. The summed E-state index contributed by atoms with van der Waals surface area (Å²) in [6.45, 7) is 8.93. The van der Waals surface area contributed by atoms with Gasteiger partial charge in [0.05, 0.1) is 11.0 Å². The maximum absolute atomic E-state index is 12.0. The molecule has 0 saturated carbocycles. The molecule has 0 bridgehead atoms. The maximum atomic E-state index is 12.0. The van der Waals surface area contributed by atoms with Gasteiger partial charge in [0.1, 0.15) is 23.3 Å². The lowest BCUT2D eigenvalue weighted by molar-refractivity contribution is -0.133. The predicted octanol–water partition coefficient (Wildman–Crippen LogP) is 20.4. The van der Waals surface area contributed by atoms with Gasteiger partial charge in [0, 0.05) is 55.4 Å². The summed E-state index contributed by atoms with van der Waals surface area (Å²) >= 11 is 6.81. The molecule has 0 fully saturated rings. The number of unbranched alkanes of at least 4 members (excludes halogenated alkanes) is 12. The molecule has 11 heteroatoms. The van der Waals surface area contributed by atoms with E-state index in [1.807, 2.05) is 34.8 Å². The van der Waals surface area contributed by atoms with E-state index in [4.69, 9.17) is 4.98 Å². The molecule has 0 saturated heterocycles. The first-order valence-corrected chi connectivity index (χ1v) is 31.5. The van der Waals surface area contributed by atoms with Crippen LogP contribution in [0, 0.1) is 22.7 Å². The zero-order valence-corrected chi connectivity index (χ0v) is 48.9. The lowest BCUT2D eigenvalue weighted by Gasteiger charge is -2.14. The quantitative estimate of drug-likeness (QED) is 0.0206. The lowest BCUT2D eigenvalue weighted by atomic mass is 9.93. The number of aliphatic carboxylic acids is 2. The van der Waals surface area contributed by atoms with Crippen LogP contribution in [0.5, 0.6) is 0 Å². The summed E-state index contributed by atoms with van der Waals surface area (Å²) in [5, 5.41) is 41.1. The number of pyridine rings is 1. The van der Waals surface area contributed by atoms with Crippen LogP contribution in [0.1, 0.15) is 162 Å². The Morgan fingerprint density at radius 1 is 0.462 bits per heavy atom. The summed E-state index contributed by atoms with van der Waals surface area (Å²) in [5.74, 6) is -2.43. The first kappa shape index (κ1) is 57.7. The van der Waals surface area contributed by atoms with Crippen LogP contribution in [-0.2, 0) is 35.3 Å². The molecule has 0 atom stereocenters. The number of aromatic nitrogens is 1. The van der Waals surface area contributed by atoms with Crippen molar-refractivity contribution in [2.75, 3.05) is 0 Å². The highest BCUT2D eigenvalue weighted by Crippen LogP contribution is 2.48. The average molecular weight is 1110 g/mol. The van der Waals surface area contributed by atoms with Crippen LogP contribution in [0.25, 0.3) is 85.5 Å². The second kappa shape index (κ2) is 28.4. The molecule has 3 aromatic carbocycles. The molecule has 2 N–H and O–H groups in total. The van der Waals surface area contributed by atoms with E-state index in [0.717, 1.165) is 166 Å². The van der Waals surface area contributed by atoms with Crippen molar-refractivity contribution in [2.24, 2.45) is 0 Å². The van der Waals surface area contributed by atoms with E-state index in [-0.39, 0.29) is 11.1 Å². The molecule has 78 heavy (non-hydrogen) atoms. The van der Waals surface area contributed by atoms with E-state index in [1.54, 1.807) is 22.7 Å². The highest BCUT2D eigenvalue weighted by Gasteiger charge is 2.23. The number of hydrogen-bond acceptors (Lipinski definition) is 9. The van der Waals surface area contributed by atoms with Gasteiger partial charge in [-0.3, -0.25) is 0 Å². The highest BCUT2D eigenvalue weighted by atomic mass is 32.1. The predicted molar refractivity (Wildman–Crippen MR) is 332 cm³/mol. The van der Waals surface area contributed by atoms with Gasteiger partial charge < -0.3 is 10.2 Å². The van der Waals surface area contributed by atoms with Gasteiger partial charge in [0.25, 0.3) is 0 Å². The third kappa shape index (κ3) is 14.2. The van der Waals surface area contributed by atoms with Gasteiger partial charge in [-0.25, -0.2) is 14.6 Å². The van der Waals surface area contributed by atoms with E-state index >= 15 is 0 Å². The molecule has 0 spiro atoms. The van der Waals surface area contributed by atoms with Crippen molar-refractivity contribution in [2.45, 2.75) is 156 Å². The summed E-state index contributed by atoms with van der Waals surface area (Å²) in [6.07, 6.45) is 24.9. The Balaban J connectivity index is 1.28. The fourth-order valence-corrected chi connectivity index (χ4v) is 15.4. The number of hydrogen-bond donors (Lipinski definition) is 2. The van der Waals surface area contributed by atoms with Crippen LogP contribution in [-0.4, -0.2) is 27.1 Å². The van der Waals surface area contributed by atoms with Crippen LogP contribution >= 0.6 is 45.3 Å². The van der Waals surface area contributed by atoms with Crippen molar-refractivity contribution in [3.8, 4) is 63.7 Å². The van der Waals surface area contributed by atoms with Gasteiger partial charge in [0.15, 0.2) is 0 Å². The monoisotopic (exact) mass is 1110 g/mol. The van der Waals surface area contributed by atoms with E-state index in [9.17, 15) is 30.3 Å². The van der Waals surface area contributed by atoms with Crippen molar-refractivity contribution in [3.63, 3.8) is 0 Å². The molecule has 402 valence electrons. The number of carbonyl (C=O) groups is 2. The number of nitriles is 2. The fraction of sp³-hybridized carbons (Fsp3) is 0.358. The van der Waals surface area contributed by atoms with E-state index in [0.29, 0.717) is 0 Å². The van der Waals surface area contributed by atoms with Crippen LogP contribution in [0.2, 0.25) is 0 Å². The van der Waals surface area contributed by atoms with Crippen molar-refractivity contribution in [1.29, 1.82) is 10.5 Å². The molecule has 0 aliphatic carbocycles. The minimum absolute atomic E-state index is 0.259. The van der Waals surface area contributed by atoms with Crippen molar-refractivity contribution < 1.29 is 19.8 Å². The SMILES string of the molecule is CCCCCCc1cc(-c2sc(/C=C(\C#N)C(=O)O)cc2CCCCCC)sc1-c1ccc2nc3ccc(-c4sc(-c5sc(/C=C(\C#N)C(=O)O)cc5CCCCCC)cc4CCCCCC)cc3c(-c3ccccc3)c2c1. The average Bonchev–Trinajstić information content (AvgIpc) is 4.40. The maximum Gasteiger partial charge on any atom is 0.346 e. The Hall–Kier alpha value is -6.47. The Kier molecular flexibility index (Phi) is 21.0. The lowest BCUT2D eigenvalue weighted by Crippen LogP contribution is -1.96. The van der Waals surface area contributed by atoms with Gasteiger partial charge in [-0.15, -0.1) is 45.3 Å². The number of benzene rings is 3. The van der Waals surface area contributed by atoms with Gasteiger partial charge in [0.2, 0.25) is 0 Å². The third-order valence-corrected chi connectivity index (χ3v) is 19.6. The summed E-state index contributed by atoms with van der Waals surface area (Å²) in [6, 6.07) is 37.0. The summed E-state index contributed by atoms with van der Waals surface area (Å²) in [5.41, 5.74) is 11.0. The normalized spacial score (nSPS) is 11.9. The number of nitrogens with zero attached hydrogens (tertiary/aromatic N) is 3. The Labute approximate surface area is 477 Å². The zero-order chi connectivity index (χ0) is 55.0. The van der Waals surface area contributed by atoms with Crippen LogP contribution < -0.4 is 0 Å². The molecule has 0 radical (unpaired) electrons. The summed E-state index contributed by atoms with van der Waals surface area (Å²) < 4.78 is 0. The van der Waals surface area contributed by atoms with Crippen molar-refractivity contribution in [1.82, 2.24) is 4.98 Å². The van der Waals surface area contributed by atoms with Crippen molar-refractivity contribution >= 4 is 91.2 Å². The first-order valence-electron chi connectivity index (χ1n) is 28.2. The van der Waals surface area contributed by atoms with E-state index in [2.05, 4.69) is 119 Å². The number of carboxylic acid groups (broad SMARTS) is 2. The van der Waals surface area contributed by atoms with E-state index in [1.165, 1.54) is 79.6 Å². The minimum atomic E-state index is -1.21. The molecule has 0 aliphatic rings. The molecule has 8 aromatic rings. The zero-order valence-electron chi connectivity index (χ0n) is 45.6. The first-order chi connectivity index (χ1) is 38.1. The van der Waals surface area contributed by atoms with E-state index < -0.39 is 11.9 Å². The second-order valence-electron chi connectivity index (χ2n) is 20.4. The molecule has 7 nitrogen and oxygen atoms in total. The smallest absolute Gasteiger partial charge is 0.346 e. The minimum Gasteiger partial charge on any atom is -0.477 e. The molecular formula is C67H71N3O4S4. The Morgan fingerprint density at radius 2 is 0.846 bits per heavy atom. The van der Waals surface area contributed by atoms with Crippen LogP contribution in [0.3, 0.4) is 0 Å². The highest BCUT2D eigenvalue weighted by molar-refractivity contribution is 7.25. The summed E-state index contributed by atoms with van der Waals surface area (Å²) in [4.78, 5) is 38.0. The second-order valence-corrected chi connectivity index (χ2v) is 24.7. The molecular weight excluding hydrogens is 1040 g/mol. The number of carboxylic acids is 2. The molecule has 5 heterocycles. The van der Waals surface area contributed by atoms with Gasteiger partial charge in [-0.1, -0.05) is 147 Å². The molecule has 0 amide bonds. The number of rotatable bonds is 29. The van der Waals surface area contributed by atoms with Gasteiger partial charge in [-0.2, -0.15) is 10.5 Å². The number of thiophene rings is 4. The Morgan fingerprint density at radius 3 is 1.21 bits per heavy atom. The topological polar surface area (TPSA) is 135 Å². The molecule has 0 aliphatic heterocycles. The third-order valence-electron chi connectivity index (χ3n) is 14.6. The van der Waals surface area contributed by atoms with Gasteiger partial charge >= 0.3 is 11.9 Å². The number of aryl methyl sites for hydroxylation is 4. The largest absolute Gasteiger partial charge is 0.477 e. The van der Waals surface area contributed by atoms with Gasteiger partial charge in [-0.05, 0) is 151 Å². The summed E-state index contributed by atoms with van der Waals surface area (Å²) in [7, 11) is 0.